The highest BCUT2D eigenvalue weighted by Gasteiger charge is 2.22. The van der Waals surface area contributed by atoms with E-state index in [-0.39, 0.29) is 23.6 Å². The Morgan fingerprint density at radius 1 is 1.13 bits per heavy atom. The molecule has 3 N–H and O–H groups in total. The molecular formula is C21H19Cl2N3O5. The number of rotatable bonds is 7. The fourth-order valence-corrected chi connectivity index (χ4v) is 3.27. The summed E-state index contributed by atoms with van der Waals surface area (Å²) in [5.74, 6) is 0.204. The van der Waals surface area contributed by atoms with Gasteiger partial charge in [0.2, 0.25) is 0 Å². The molecule has 3 rings (SSSR count). The molecule has 0 saturated carbocycles. The number of ether oxygens (including phenoxy) is 2. The number of aliphatic hydroxyl groups is 1. The molecule has 0 bridgehead atoms. The molecule has 0 spiro atoms. The minimum atomic E-state index is -0.665. The number of aliphatic hydroxyl groups excluding tert-OH is 1. The van der Waals surface area contributed by atoms with Gasteiger partial charge in [-0.3, -0.25) is 9.59 Å². The maximum absolute atomic E-state index is 12.8. The fraction of sp³-hybridized carbons (Fsp3) is 0.190. The van der Waals surface area contributed by atoms with Gasteiger partial charge in [0.1, 0.15) is 28.6 Å². The predicted octanol–water partition coefficient (Wildman–Crippen LogP) is 3.18. The Balaban J connectivity index is 2.01. The number of hydrogen-bond acceptors (Lipinski definition) is 6. The van der Waals surface area contributed by atoms with Crippen molar-refractivity contribution in [1.29, 1.82) is 0 Å². The van der Waals surface area contributed by atoms with Crippen molar-refractivity contribution in [2.24, 2.45) is 0 Å². The monoisotopic (exact) mass is 463 g/mol. The van der Waals surface area contributed by atoms with Gasteiger partial charge in [-0.1, -0.05) is 35.3 Å². The van der Waals surface area contributed by atoms with Crippen molar-refractivity contribution in [3.05, 3.63) is 73.6 Å². The zero-order valence-corrected chi connectivity index (χ0v) is 18.2. The van der Waals surface area contributed by atoms with Gasteiger partial charge in [-0.05, 0) is 29.8 Å². The van der Waals surface area contributed by atoms with E-state index < -0.39 is 18.1 Å². The van der Waals surface area contributed by atoms with Crippen LogP contribution >= 0.6 is 23.2 Å². The molecule has 3 aromatic rings. The van der Waals surface area contributed by atoms with Crippen molar-refractivity contribution in [2.75, 3.05) is 14.2 Å². The van der Waals surface area contributed by atoms with Crippen LogP contribution in [-0.2, 0) is 13.2 Å². The van der Waals surface area contributed by atoms with Crippen LogP contribution in [0.1, 0.15) is 21.6 Å². The first-order chi connectivity index (χ1) is 14.9. The maximum atomic E-state index is 12.8. The second-order valence-electron chi connectivity index (χ2n) is 6.37. The lowest BCUT2D eigenvalue weighted by atomic mass is 10.1. The van der Waals surface area contributed by atoms with Gasteiger partial charge in [0.25, 0.3) is 11.5 Å². The molecule has 0 aliphatic heterocycles. The normalized spacial score (nSPS) is 10.6. The van der Waals surface area contributed by atoms with Gasteiger partial charge in [-0.2, -0.15) is 0 Å². The summed E-state index contributed by atoms with van der Waals surface area (Å²) in [6, 6.07) is 9.99. The number of H-pyrrole nitrogens is 1. The van der Waals surface area contributed by atoms with Crippen molar-refractivity contribution in [1.82, 2.24) is 15.3 Å². The predicted molar refractivity (Wildman–Crippen MR) is 117 cm³/mol. The SMILES string of the molecule is COc1cccc(OC)c1-c1nc(C(=O)NCc2ccc(Cl)c(Cl)c2)c(CO)c(=O)[nH]1. The number of hydrogen-bond donors (Lipinski definition) is 3. The molecule has 0 saturated heterocycles. The molecule has 8 nitrogen and oxygen atoms in total. The molecule has 0 unspecified atom stereocenters. The average Bonchev–Trinajstić information content (AvgIpc) is 2.78. The molecule has 1 amide bonds. The Labute approximate surface area is 187 Å². The van der Waals surface area contributed by atoms with Gasteiger partial charge in [-0.15, -0.1) is 0 Å². The summed E-state index contributed by atoms with van der Waals surface area (Å²) in [7, 11) is 2.92. The Bertz CT molecular complexity index is 1160. The highest BCUT2D eigenvalue weighted by molar-refractivity contribution is 6.42. The third-order valence-electron chi connectivity index (χ3n) is 4.49. The summed E-state index contributed by atoms with van der Waals surface area (Å²) in [6.45, 7) is -0.552. The second-order valence-corrected chi connectivity index (χ2v) is 7.18. The standard InChI is InChI=1S/C21H19Cl2N3O5/c1-30-15-4-3-5-16(31-2)17(15)19-25-18(12(10-27)20(28)26-19)21(29)24-9-11-6-7-13(22)14(23)8-11/h3-8,27H,9-10H2,1-2H3,(H,24,29)(H,25,26,28). The van der Waals surface area contributed by atoms with E-state index >= 15 is 0 Å². The fourth-order valence-electron chi connectivity index (χ4n) is 2.95. The summed E-state index contributed by atoms with van der Waals surface area (Å²) in [6.07, 6.45) is 0. The second kappa shape index (κ2) is 9.82. The number of benzene rings is 2. The molecule has 0 radical (unpaired) electrons. The number of amides is 1. The van der Waals surface area contributed by atoms with Crippen molar-refractivity contribution in [2.45, 2.75) is 13.2 Å². The van der Waals surface area contributed by atoms with Gasteiger partial charge in [0, 0.05) is 6.54 Å². The van der Waals surface area contributed by atoms with E-state index in [1.165, 1.54) is 14.2 Å². The van der Waals surface area contributed by atoms with Crippen LogP contribution in [-0.4, -0.2) is 35.2 Å². The summed E-state index contributed by atoms with van der Waals surface area (Å²) in [5, 5.41) is 13.1. The van der Waals surface area contributed by atoms with Gasteiger partial charge >= 0.3 is 0 Å². The van der Waals surface area contributed by atoms with E-state index in [0.717, 1.165) is 0 Å². The Morgan fingerprint density at radius 3 is 2.39 bits per heavy atom. The van der Waals surface area contributed by atoms with Crippen LogP contribution in [0.4, 0.5) is 0 Å². The van der Waals surface area contributed by atoms with Crippen LogP contribution in [0, 0.1) is 0 Å². The minimum Gasteiger partial charge on any atom is -0.496 e. The highest BCUT2D eigenvalue weighted by Crippen LogP contribution is 2.36. The van der Waals surface area contributed by atoms with E-state index in [9.17, 15) is 14.7 Å². The summed E-state index contributed by atoms with van der Waals surface area (Å²) >= 11 is 11.9. The number of methoxy groups -OCH3 is 2. The van der Waals surface area contributed by atoms with Crippen LogP contribution in [0.15, 0.2) is 41.2 Å². The molecule has 0 atom stereocenters. The highest BCUT2D eigenvalue weighted by atomic mass is 35.5. The van der Waals surface area contributed by atoms with Crippen LogP contribution in [0.3, 0.4) is 0 Å². The molecule has 10 heteroatoms. The molecule has 0 aliphatic rings. The van der Waals surface area contributed by atoms with Crippen molar-refractivity contribution < 1.29 is 19.4 Å². The van der Waals surface area contributed by atoms with Gasteiger partial charge in [-0.25, -0.2) is 4.98 Å². The number of aromatic nitrogens is 2. The lowest BCUT2D eigenvalue weighted by Gasteiger charge is -2.14. The van der Waals surface area contributed by atoms with Gasteiger partial charge in [0.15, 0.2) is 0 Å². The number of nitrogens with one attached hydrogen (secondary N) is 2. The van der Waals surface area contributed by atoms with Gasteiger partial charge < -0.3 is 24.9 Å². The largest absolute Gasteiger partial charge is 0.496 e. The van der Waals surface area contributed by atoms with Crippen molar-refractivity contribution in [3.8, 4) is 22.9 Å². The molecule has 0 aliphatic carbocycles. The van der Waals surface area contributed by atoms with Crippen molar-refractivity contribution >= 4 is 29.1 Å². The van der Waals surface area contributed by atoms with Crippen LogP contribution in [0.25, 0.3) is 11.4 Å². The summed E-state index contributed by atoms with van der Waals surface area (Å²) in [4.78, 5) is 32.3. The first-order valence-electron chi connectivity index (χ1n) is 9.07. The van der Waals surface area contributed by atoms with Crippen LogP contribution in [0.2, 0.25) is 10.0 Å². The van der Waals surface area contributed by atoms with E-state index in [1.54, 1.807) is 36.4 Å². The molecule has 31 heavy (non-hydrogen) atoms. The molecular weight excluding hydrogens is 445 g/mol. The van der Waals surface area contributed by atoms with E-state index in [4.69, 9.17) is 32.7 Å². The number of carbonyl (C=O) groups is 1. The van der Waals surface area contributed by atoms with Crippen LogP contribution in [0.5, 0.6) is 11.5 Å². The zero-order chi connectivity index (χ0) is 22.5. The molecule has 1 aromatic heterocycles. The van der Waals surface area contributed by atoms with E-state index in [2.05, 4.69) is 15.3 Å². The first kappa shape index (κ1) is 22.6. The van der Waals surface area contributed by atoms with Crippen molar-refractivity contribution in [3.63, 3.8) is 0 Å². The topological polar surface area (TPSA) is 114 Å². The molecule has 0 fully saturated rings. The minimum absolute atomic E-state index is 0.0659. The molecule has 2 aromatic carbocycles. The third kappa shape index (κ3) is 4.82. The summed E-state index contributed by atoms with van der Waals surface area (Å²) < 4.78 is 10.7. The quantitative estimate of drug-likeness (QED) is 0.495. The third-order valence-corrected chi connectivity index (χ3v) is 5.23. The average molecular weight is 464 g/mol. The number of halogens is 2. The zero-order valence-electron chi connectivity index (χ0n) is 16.7. The maximum Gasteiger partial charge on any atom is 0.270 e. The smallest absolute Gasteiger partial charge is 0.270 e. The Morgan fingerprint density at radius 2 is 1.81 bits per heavy atom. The summed E-state index contributed by atoms with van der Waals surface area (Å²) in [5.41, 5.74) is 0.0380. The first-order valence-corrected chi connectivity index (χ1v) is 9.82. The van der Waals surface area contributed by atoms with Crippen LogP contribution < -0.4 is 20.3 Å². The lowest BCUT2D eigenvalue weighted by molar-refractivity contribution is 0.0942. The number of nitrogens with zero attached hydrogens (tertiary/aromatic N) is 1. The molecule has 1 heterocycles. The number of carbonyl (C=O) groups excluding carboxylic acids is 1. The lowest BCUT2D eigenvalue weighted by Crippen LogP contribution is -2.29. The van der Waals surface area contributed by atoms with E-state index in [1.807, 2.05) is 0 Å². The Kier molecular flexibility index (Phi) is 7.17. The van der Waals surface area contributed by atoms with Gasteiger partial charge in [0.05, 0.1) is 36.4 Å². The Hall–Kier alpha value is -3.07. The van der Waals surface area contributed by atoms with E-state index in [0.29, 0.717) is 32.7 Å². The molecule has 162 valence electrons. The number of aromatic amines is 1.